The van der Waals surface area contributed by atoms with Crippen molar-refractivity contribution in [3.8, 4) is 5.75 Å². The Morgan fingerprint density at radius 3 is 2.67 bits per heavy atom. The topological polar surface area (TPSA) is 93.9 Å². The van der Waals surface area contributed by atoms with Crippen molar-refractivity contribution in [2.75, 3.05) is 40.0 Å². The lowest BCUT2D eigenvalue weighted by Crippen LogP contribution is -2.43. The molecule has 1 saturated heterocycles. The second-order valence-electron chi connectivity index (χ2n) is 6.87. The van der Waals surface area contributed by atoms with E-state index in [1.165, 1.54) is 18.2 Å². The van der Waals surface area contributed by atoms with E-state index in [1.54, 1.807) is 25.3 Å². The zero-order valence-corrected chi connectivity index (χ0v) is 16.8. The third kappa shape index (κ3) is 5.88. The van der Waals surface area contributed by atoms with Crippen LogP contribution in [0.1, 0.15) is 17.2 Å². The number of ether oxygens (including phenoxy) is 2. The molecule has 0 aliphatic carbocycles. The first kappa shape index (κ1) is 21.5. The van der Waals surface area contributed by atoms with Gasteiger partial charge in [-0.25, -0.2) is 0 Å². The lowest BCUT2D eigenvalue weighted by molar-refractivity contribution is -0.384. The summed E-state index contributed by atoms with van der Waals surface area (Å²) in [6.45, 7) is 3.33. The Morgan fingerprint density at radius 1 is 1.27 bits per heavy atom. The number of non-ortho nitro benzene ring substituents is 1. The molecule has 1 heterocycles. The van der Waals surface area contributed by atoms with Gasteiger partial charge in [0.15, 0.2) is 0 Å². The molecular weight excluding hydrogens is 386 g/mol. The van der Waals surface area contributed by atoms with E-state index < -0.39 is 4.92 Å². The van der Waals surface area contributed by atoms with Crippen LogP contribution in [0.25, 0.3) is 6.08 Å². The van der Waals surface area contributed by atoms with Crippen molar-refractivity contribution in [3.05, 3.63) is 75.8 Å². The smallest absolute Gasteiger partial charge is 0.270 e. The van der Waals surface area contributed by atoms with Crippen molar-refractivity contribution < 1.29 is 19.2 Å². The van der Waals surface area contributed by atoms with Gasteiger partial charge in [-0.3, -0.25) is 19.8 Å². The van der Waals surface area contributed by atoms with Crippen molar-refractivity contribution in [1.82, 2.24) is 10.2 Å². The predicted molar refractivity (Wildman–Crippen MR) is 113 cm³/mol. The minimum atomic E-state index is -0.459. The maximum absolute atomic E-state index is 12.4. The molecule has 8 heteroatoms. The van der Waals surface area contributed by atoms with Gasteiger partial charge in [0.2, 0.25) is 5.91 Å². The maximum atomic E-state index is 12.4. The van der Waals surface area contributed by atoms with Gasteiger partial charge in [0.1, 0.15) is 5.75 Å². The normalized spacial score (nSPS) is 15.6. The molecule has 1 fully saturated rings. The van der Waals surface area contributed by atoms with Crippen molar-refractivity contribution in [2.45, 2.75) is 6.04 Å². The molecule has 1 atom stereocenters. The molecule has 2 aromatic carbocycles. The molecule has 0 aromatic heterocycles. The summed E-state index contributed by atoms with van der Waals surface area (Å²) in [6, 6.07) is 14.0. The van der Waals surface area contributed by atoms with Crippen LogP contribution in [0.3, 0.4) is 0 Å². The standard InChI is InChI=1S/C22H25N3O5/c1-29-20-8-6-18(7-9-20)21(24-11-13-30-14-12-24)16-23-22(26)10-5-17-3-2-4-19(15-17)25(27)28/h2-10,15,21H,11-14,16H2,1H3,(H,23,26)/b10-5+. The quantitative estimate of drug-likeness (QED) is 0.408. The molecule has 158 valence electrons. The van der Waals surface area contributed by atoms with Crippen LogP contribution in [0.5, 0.6) is 5.75 Å². The highest BCUT2D eigenvalue weighted by Gasteiger charge is 2.23. The van der Waals surface area contributed by atoms with Gasteiger partial charge in [0, 0.05) is 37.8 Å². The number of nitrogens with zero attached hydrogens (tertiary/aromatic N) is 2. The summed E-state index contributed by atoms with van der Waals surface area (Å²) in [5.74, 6) is 0.525. The summed E-state index contributed by atoms with van der Waals surface area (Å²) in [7, 11) is 1.63. The molecule has 2 aromatic rings. The number of hydrogen-bond acceptors (Lipinski definition) is 6. The summed E-state index contributed by atoms with van der Waals surface area (Å²) in [6.07, 6.45) is 2.96. The number of carbonyl (C=O) groups excluding carboxylic acids is 1. The molecule has 0 radical (unpaired) electrons. The molecule has 1 unspecified atom stereocenters. The summed E-state index contributed by atoms with van der Waals surface area (Å²) >= 11 is 0. The Morgan fingerprint density at radius 2 is 2.00 bits per heavy atom. The van der Waals surface area contributed by atoms with Gasteiger partial charge in [-0.05, 0) is 29.3 Å². The number of hydrogen-bond donors (Lipinski definition) is 1. The van der Waals surface area contributed by atoms with E-state index >= 15 is 0 Å². The lowest BCUT2D eigenvalue weighted by Gasteiger charge is -2.34. The van der Waals surface area contributed by atoms with Crippen LogP contribution in [-0.4, -0.2) is 55.7 Å². The van der Waals surface area contributed by atoms with Crippen LogP contribution in [0.15, 0.2) is 54.6 Å². The minimum absolute atomic E-state index is 0.00923. The summed E-state index contributed by atoms with van der Waals surface area (Å²) < 4.78 is 10.7. The minimum Gasteiger partial charge on any atom is -0.497 e. The second kappa shape index (κ2) is 10.5. The van der Waals surface area contributed by atoms with E-state index in [2.05, 4.69) is 10.2 Å². The van der Waals surface area contributed by atoms with Crippen molar-refractivity contribution in [2.24, 2.45) is 0 Å². The van der Waals surface area contributed by atoms with Gasteiger partial charge in [-0.1, -0.05) is 24.3 Å². The summed E-state index contributed by atoms with van der Waals surface area (Å²) in [5.41, 5.74) is 1.67. The van der Waals surface area contributed by atoms with Gasteiger partial charge in [-0.15, -0.1) is 0 Å². The van der Waals surface area contributed by atoms with E-state index in [0.717, 1.165) is 24.4 Å². The number of amides is 1. The van der Waals surface area contributed by atoms with E-state index in [9.17, 15) is 14.9 Å². The Balaban J connectivity index is 1.66. The molecule has 1 aliphatic rings. The average Bonchev–Trinajstić information content (AvgIpc) is 2.79. The number of nitrogens with one attached hydrogen (secondary N) is 1. The molecule has 0 bridgehead atoms. The van der Waals surface area contributed by atoms with E-state index in [-0.39, 0.29) is 17.6 Å². The molecule has 8 nitrogen and oxygen atoms in total. The number of morpholine rings is 1. The Labute approximate surface area is 175 Å². The first-order valence-electron chi connectivity index (χ1n) is 9.73. The molecule has 1 aliphatic heterocycles. The first-order valence-corrected chi connectivity index (χ1v) is 9.73. The van der Waals surface area contributed by atoms with Crippen LogP contribution < -0.4 is 10.1 Å². The van der Waals surface area contributed by atoms with Crippen molar-refractivity contribution in [1.29, 1.82) is 0 Å². The Bertz CT molecular complexity index is 892. The van der Waals surface area contributed by atoms with Gasteiger partial charge >= 0.3 is 0 Å². The third-order valence-electron chi connectivity index (χ3n) is 4.96. The fourth-order valence-corrected chi connectivity index (χ4v) is 3.34. The van der Waals surface area contributed by atoms with Crippen LogP contribution in [-0.2, 0) is 9.53 Å². The molecule has 0 spiro atoms. The van der Waals surface area contributed by atoms with Crippen LogP contribution in [0.2, 0.25) is 0 Å². The number of carbonyl (C=O) groups is 1. The highest BCUT2D eigenvalue weighted by molar-refractivity contribution is 5.91. The molecule has 1 N–H and O–H groups in total. The predicted octanol–water partition coefficient (Wildman–Crippen LogP) is 2.81. The number of benzene rings is 2. The fourth-order valence-electron chi connectivity index (χ4n) is 3.34. The highest BCUT2D eigenvalue weighted by Crippen LogP contribution is 2.23. The van der Waals surface area contributed by atoms with Crippen LogP contribution in [0.4, 0.5) is 5.69 Å². The van der Waals surface area contributed by atoms with E-state index in [1.807, 2.05) is 24.3 Å². The molecule has 0 saturated carbocycles. The number of rotatable bonds is 8. The number of methoxy groups -OCH3 is 1. The SMILES string of the molecule is COc1ccc(C(CNC(=O)/C=C/c2cccc([N+](=O)[O-])c2)N2CCOCC2)cc1. The number of nitro groups is 1. The largest absolute Gasteiger partial charge is 0.497 e. The summed E-state index contributed by atoms with van der Waals surface area (Å²) in [4.78, 5) is 25.1. The van der Waals surface area contributed by atoms with E-state index in [0.29, 0.717) is 25.3 Å². The Kier molecular flexibility index (Phi) is 7.53. The summed E-state index contributed by atoms with van der Waals surface area (Å²) in [5, 5.41) is 13.8. The van der Waals surface area contributed by atoms with Gasteiger partial charge in [0.05, 0.1) is 31.3 Å². The fraction of sp³-hybridized carbons (Fsp3) is 0.318. The Hall–Kier alpha value is -3.23. The lowest BCUT2D eigenvalue weighted by atomic mass is 10.0. The van der Waals surface area contributed by atoms with Crippen molar-refractivity contribution in [3.63, 3.8) is 0 Å². The van der Waals surface area contributed by atoms with Gasteiger partial charge in [0.25, 0.3) is 5.69 Å². The first-order chi connectivity index (χ1) is 14.6. The average molecular weight is 411 g/mol. The van der Waals surface area contributed by atoms with Gasteiger partial charge < -0.3 is 14.8 Å². The third-order valence-corrected chi connectivity index (χ3v) is 4.96. The monoisotopic (exact) mass is 411 g/mol. The van der Waals surface area contributed by atoms with Gasteiger partial charge in [-0.2, -0.15) is 0 Å². The molecule has 1 amide bonds. The number of nitro benzene ring substituents is 1. The zero-order chi connectivity index (χ0) is 21.3. The van der Waals surface area contributed by atoms with Crippen LogP contribution >= 0.6 is 0 Å². The molecular formula is C22H25N3O5. The zero-order valence-electron chi connectivity index (χ0n) is 16.8. The van der Waals surface area contributed by atoms with Crippen LogP contribution in [0, 0.1) is 10.1 Å². The highest BCUT2D eigenvalue weighted by atomic mass is 16.6. The maximum Gasteiger partial charge on any atom is 0.270 e. The molecule has 3 rings (SSSR count). The second-order valence-corrected chi connectivity index (χ2v) is 6.87. The van der Waals surface area contributed by atoms with Crippen molar-refractivity contribution >= 4 is 17.7 Å². The molecule has 30 heavy (non-hydrogen) atoms. The van der Waals surface area contributed by atoms with E-state index in [4.69, 9.17) is 9.47 Å².